The molecule has 148 valence electrons. The van der Waals surface area contributed by atoms with E-state index in [0.29, 0.717) is 28.7 Å². The van der Waals surface area contributed by atoms with Crippen LogP contribution in [0.5, 0.6) is 17.2 Å². The molecule has 0 aliphatic rings. The number of ether oxygens (including phenoxy) is 2. The number of phenolic OH excluding ortho intramolecular Hbond substituents is 1. The molecule has 0 bridgehead atoms. The summed E-state index contributed by atoms with van der Waals surface area (Å²) in [5.74, 6) is 0.854. The molecule has 2 N–H and O–H groups in total. The highest BCUT2D eigenvalue weighted by Gasteiger charge is 2.07. The van der Waals surface area contributed by atoms with Crippen molar-refractivity contribution in [1.29, 1.82) is 0 Å². The van der Waals surface area contributed by atoms with Gasteiger partial charge in [0.2, 0.25) is 0 Å². The number of halogens is 1. The van der Waals surface area contributed by atoms with Crippen LogP contribution in [0.3, 0.4) is 0 Å². The number of nitrogens with one attached hydrogen (secondary N) is 1. The van der Waals surface area contributed by atoms with E-state index in [1.54, 1.807) is 25.3 Å². The maximum absolute atomic E-state index is 12.0. The van der Waals surface area contributed by atoms with Gasteiger partial charge in [-0.15, -0.1) is 0 Å². The van der Waals surface area contributed by atoms with Gasteiger partial charge in [-0.05, 0) is 65.7 Å². The van der Waals surface area contributed by atoms with Gasteiger partial charge in [-0.3, -0.25) is 4.79 Å². The van der Waals surface area contributed by atoms with Crippen LogP contribution < -0.4 is 14.9 Å². The molecule has 0 aliphatic heterocycles. The standard InChI is InChI=1S/C22H19ClN2O4/c1-28-21-12-16(13-24-25-22(27)17-5-9-19(26)10-6-17)4-11-20(21)29-14-15-2-7-18(23)8-3-15/h2-13,26H,14H2,1H3,(H,25,27)/b24-13-. The molecule has 3 rings (SSSR count). The third kappa shape index (κ3) is 5.73. The lowest BCUT2D eigenvalue weighted by molar-refractivity contribution is 0.0955. The van der Waals surface area contributed by atoms with Gasteiger partial charge in [0.25, 0.3) is 5.91 Å². The largest absolute Gasteiger partial charge is 0.508 e. The van der Waals surface area contributed by atoms with Crippen LogP contribution >= 0.6 is 11.6 Å². The molecule has 0 saturated carbocycles. The van der Waals surface area contributed by atoms with E-state index in [1.807, 2.05) is 24.3 Å². The average Bonchev–Trinajstić information content (AvgIpc) is 2.74. The zero-order valence-corrected chi connectivity index (χ0v) is 16.4. The van der Waals surface area contributed by atoms with Crippen LogP contribution in [-0.2, 0) is 6.61 Å². The lowest BCUT2D eigenvalue weighted by Gasteiger charge is -2.11. The number of hydrazone groups is 1. The fraction of sp³-hybridized carbons (Fsp3) is 0.0909. The number of benzene rings is 3. The Morgan fingerprint density at radius 2 is 1.79 bits per heavy atom. The van der Waals surface area contributed by atoms with E-state index >= 15 is 0 Å². The average molecular weight is 411 g/mol. The van der Waals surface area contributed by atoms with Gasteiger partial charge in [-0.2, -0.15) is 5.10 Å². The zero-order valence-electron chi connectivity index (χ0n) is 15.6. The highest BCUT2D eigenvalue weighted by atomic mass is 35.5. The third-order valence-electron chi connectivity index (χ3n) is 4.00. The second kappa shape index (κ2) is 9.61. The summed E-state index contributed by atoms with van der Waals surface area (Å²) in [6, 6.07) is 18.6. The summed E-state index contributed by atoms with van der Waals surface area (Å²) in [6.45, 7) is 0.379. The van der Waals surface area contributed by atoms with Crippen LogP contribution in [0.2, 0.25) is 5.02 Å². The van der Waals surface area contributed by atoms with E-state index in [0.717, 1.165) is 11.1 Å². The normalized spacial score (nSPS) is 10.7. The molecule has 0 radical (unpaired) electrons. The summed E-state index contributed by atoms with van der Waals surface area (Å²) >= 11 is 5.89. The van der Waals surface area contributed by atoms with Gasteiger partial charge in [-0.25, -0.2) is 5.43 Å². The summed E-state index contributed by atoms with van der Waals surface area (Å²) in [5, 5.41) is 13.9. The fourth-order valence-corrected chi connectivity index (χ4v) is 2.59. The summed E-state index contributed by atoms with van der Waals surface area (Å²) in [7, 11) is 1.55. The number of phenols is 1. The van der Waals surface area contributed by atoms with Crippen molar-refractivity contribution in [2.45, 2.75) is 6.61 Å². The maximum atomic E-state index is 12.0. The highest BCUT2D eigenvalue weighted by molar-refractivity contribution is 6.30. The molecule has 29 heavy (non-hydrogen) atoms. The van der Waals surface area contributed by atoms with Crippen molar-refractivity contribution in [3.05, 3.63) is 88.4 Å². The van der Waals surface area contributed by atoms with Crippen molar-refractivity contribution >= 4 is 23.7 Å². The Kier molecular flexibility index (Phi) is 6.71. The monoisotopic (exact) mass is 410 g/mol. The number of carbonyl (C=O) groups is 1. The number of hydrogen-bond acceptors (Lipinski definition) is 5. The van der Waals surface area contributed by atoms with E-state index in [1.165, 1.54) is 30.5 Å². The number of hydrogen-bond donors (Lipinski definition) is 2. The summed E-state index contributed by atoms with van der Waals surface area (Å²) < 4.78 is 11.2. The van der Waals surface area contributed by atoms with Crippen LogP contribution in [0.25, 0.3) is 0 Å². The molecule has 1 amide bonds. The van der Waals surface area contributed by atoms with Gasteiger partial charge in [0.05, 0.1) is 13.3 Å². The SMILES string of the molecule is COc1cc(/C=N\NC(=O)c2ccc(O)cc2)ccc1OCc1ccc(Cl)cc1. The molecule has 0 saturated heterocycles. The lowest BCUT2D eigenvalue weighted by Crippen LogP contribution is -2.17. The minimum atomic E-state index is -0.379. The van der Waals surface area contributed by atoms with Gasteiger partial charge >= 0.3 is 0 Å². The quantitative estimate of drug-likeness (QED) is 0.447. The second-order valence-electron chi connectivity index (χ2n) is 6.07. The predicted molar refractivity (Wildman–Crippen MR) is 112 cm³/mol. The van der Waals surface area contributed by atoms with Crippen molar-refractivity contribution in [3.8, 4) is 17.2 Å². The summed E-state index contributed by atoms with van der Waals surface area (Å²) in [6.07, 6.45) is 1.50. The molecule has 0 fully saturated rings. The number of aromatic hydroxyl groups is 1. The molecule has 0 aromatic heterocycles. The number of rotatable bonds is 7. The number of carbonyl (C=O) groups excluding carboxylic acids is 1. The summed E-state index contributed by atoms with van der Waals surface area (Å²) in [4.78, 5) is 12.0. The van der Waals surface area contributed by atoms with Gasteiger partial charge in [0.15, 0.2) is 11.5 Å². The Balaban J connectivity index is 1.61. The molecule has 0 aliphatic carbocycles. The van der Waals surface area contributed by atoms with Crippen molar-refractivity contribution in [3.63, 3.8) is 0 Å². The van der Waals surface area contributed by atoms with Crippen molar-refractivity contribution < 1.29 is 19.4 Å². The van der Waals surface area contributed by atoms with E-state index in [4.69, 9.17) is 21.1 Å². The predicted octanol–water partition coefficient (Wildman–Crippen LogP) is 4.40. The fourth-order valence-electron chi connectivity index (χ4n) is 2.47. The van der Waals surface area contributed by atoms with Crippen LogP contribution in [0, 0.1) is 0 Å². The molecule has 7 heteroatoms. The van der Waals surface area contributed by atoms with E-state index in [-0.39, 0.29) is 11.7 Å². The summed E-state index contributed by atoms with van der Waals surface area (Å²) in [5.41, 5.74) is 4.54. The molecule has 3 aromatic carbocycles. The molecular weight excluding hydrogens is 392 g/mol. The Bertz CT molecular complexity index is 1000. The molecular formula is C22H19ClN2O4. The molecule has 3 aromatic rings. The minimum Gasteiger partial charge on any atom is -0.508 e. The zero-order chi connectivity index (χ0) is 20.6. The van der Waals surface area contributed by atoms with Gasteiger partial charge in [0, 0.05) is 10.6 Å². The van der Waals surface area contributed by atoms with Gasteiger partial charge < -0.3 is 14.6 Å². The first kappa shape index (κ1) is 20.2. The molecule has 0 atom stereocenters. The highest BCUT2D eigenvalue weighted by Crippen LogP contribution is 2.28. The molecule has 0 spiro atoms. The molecule has 6 nitrogen and oxygen atoms in total. The van der Waals surface area contributed by atoms with Crippen molar-refractivity contribution in [2.24, 2.45) is 5.10 Å². The second-order valence-corrected chi connectivity index (χ2v) is 6.51. The molecule has 0 unspecified atom stereocenters. The first-order valence-electron chi connectivity index (χ1n) is 8.73. The van der Waals surface area contributed by atoms with E-state index in [9.17, 15) is 9.90 Å². The Morgan fingerprint density at radius 1 is 1.07 bits per heavy atom. The van der Waals surface area contributed by atoms with Gasteiger partial charge in [0.1, 0.15) is 12.4 Å². The first-order chi connectivity index (χ1) is 14.0. The van der Waals surface area contributed by atoms with Gasteiger partial charge in [-0.1, -0.05) is 23.7 Å². The lowest BCUT2D eigenvalue weighted by atomic mass is 10.2. The Labute approximate surface area is 173 Å². The Morgan fingerprint density at radius 3 is 2.48 bits per heavy atom. The number of methoxy groups -OCH3 is 1. The Hall–Kier alpha value is -3.51. The number of nitrogens with zero attached hydrogens (tertiary/aromatic N) is 1. The maximum Gasteiger partial charge on any atom is 0.271 e. The van der Waals surface area contributed by atoms with Crippen LogP contribution in [0.1, 0.15) is 21.5 Å². The smallest absolute Gasteiger partial charge is 0.271 e. The van der Waals surface area contributed by atoms with Crippen LogP contribution in [0.15, 0.2) is 71.8 Å². The molecule has 0 heterocycles. The van der Waals surface area contributed by atoms with Crippen molar-refractivity contribution in [2.75, 3.05) is 7.11 Å². The first-order valence-corrected chi connectivity index (χ1v) is 9.10. The number of amides is 1. The van der Waals surface area contributed by atoms with E-state index in [2.05, 4.69) is 10.5 Å². The topological polar surface area (TPSA) is 80.2 Å². The van der Waals surface area contributed by atoms with Crippen LogP contribution in [0.4, 0.5) is 0 Å². The van der Waals surface area contributed by atoms with E-state index < -0.39 is 0 Å². The minimum absolute atomic E-state index is 0.0931. The van der Waals surface area contributed by atoms with Crippen LogP contribution in [-0.4, -0.2) is 24.3 Å². The van der Waals surface area contributed by atoms with Crippen molar-refractivity contribution in [1.82, 2.24) is 5.43 Å². The third-order valence-corrected chi connectivity index (χ3v) is 4.26.